The number of quaternary nitrogens is 4. The van der Waals surface area contributed by atoms with Gasteiger partial charge in [-0.15, -0.1) is 0 Å². The highest BCUT2D eigenvalue weighted by atomic mass is 16.5. The summed E-state index contributed by atoms with van der Waals surface area (Å²) in [7, 11) is 28.9. The topological polar surface area (TPSA) is 66.6 Å². The van der Waals surface area contributed by atoms with Crippen LogP contribution in [-0.2, 0) is 49.9 Å². The van der Waals surface area contributed by atoms with Crippen molar-refractivity contribution >= 4 is 22.1 Å². The molecule has 0 saturated carbocycles. The quantitative estimate of drug-likeness (QED) is 0.130. The number of nitrogens with zero attached hydrogens (tertiary/aromatic N) is 6. The summed E-state index contributed by atoms with van der Waals surface area (Å²) in [5.41, 5.74) is 17.8. The van der Waals surface area contributed by atoms with Gasteiger partial charge in [-0.3, -0.25) is 9.97 Å². The van der Waals surface area contributed by atoms with Crippen LogP contribution in [0.3, 0.4) is 0 Å². The van der Waals surface area contributed by atoms with E-state index in [0.717, 1.165) is 113 Å². The van der Waals surface area contributed by atoms with Crippen LogP contribution in [0, 0.1) is 0 Å². The second kappa shape index (κ2) is 15.8. The van der Waals surface area contributed by atoms with Crippen molar-refractivity contribution in [2.75, 3.05) is 91.7 Å². The molecule has 0 saturated heterocycles. The van der Waals surface area contributed by atoms with Crippen molar-refractivity contribution in [3.63, 3.8) is 0 Å². The number of nitrogens with one attached hydrogen (secondary N) is 2. The molecule has 0 fully saturated rings. The van der Waals surface area contributed by atoms with Gasteiger partial charge in [0.05, 0.1) is 103 Å². The highest BCUT2D eigenvalue weighted by Gasteiger charge is 2.33. The van der Waals surface area contributed by atoms with E-state index in [-0.39, 0.29) is 10.8 Å². The highest BCUT2D eigenvalue weighted by Crippen LogP contribution is 2.41. The smallest absolute Gasteiger partial charge is 0.164 e. The maximum atomic E-state index is 6.46. The number of fused-ring (bicyclic) bond motifs is 8. The van der Waals surface area contributed by atoms with Gasteiger partial charge in [0.2, 0.25) is 0 Å². The summed E-state index contributed by atoms with van der Waals surface area (Å²) in [4.78, 5) is 18.6. The Bertz CT molecular complexity index is 2600. The molecule has 0 radical (unpaired) electrons. The van der Waals surface area contributed by atoms with Gasteiger partial charge in [-0.2, -0.15) is 0 Å². The molecule has 330 valence electrons. The van der Waals surface area contributed by atoms with Crippen LogP contribution in [0.1, 0.15) is 72.7 Å². The van der Waals surface area contributed by atoms with Gasteiger partial charge in [0.1, 0.15) is 26.2 Å². The first-order valence-corrected chi connectivity index (χ1v) is 22.3. The zero-order valence-corrected chi connectivity index (χ0v) is 41.2. The van der Waals surface area contributed by atoms with Crippen LogP contribution in [0.5, 0.6) is 5.75 Å². The molecular weight excluding hydrogens is 765 g/mol. The fraction of sp³-hybridized carbons (Fsp3) is 0.472. The third-order valence-corrected chi connectivity index (χ3v) is 11.8. The number of H-pyrrole nitrogens is 2. The molecule has 0 atom stereocenters. The molecule has 2 aliphatic rings. The van der Waals surface area contributed by atoms with E-state index in [0.29, 0.717) is 0 Å². The normalized spacial score (nSPS) is 15.6. The Hall–Kier alpha value is -4.80. The van der Waals surface area contributed by atoms with Gasteiger partial charge in [0.25, 0.3) is 0 Å². The number of methoxy groups -OCH3 is 1. The highest BCUT2D eigenvalue weighted by molar-refractivity contribution is 5.90. The lowest BCUT2D eigenvalue weighted by molar-refractivity contribution is -0.884. The molecule has 2 aliphatic heterocycles. The maximum Gasteiger partial charge on any atom is 0.164 e. The minimum Gasteiger partial charge on any atom is -0.493 e. The number of aromatic nitrogens is 4. The number of hydrogen-bond acceptors (Lipinski definition) is 3. The van der Waals surface area contributed by atoms with Crippen LogP contribution in [0.25, 0.3) is 44.3 Å². The van der Waals surface area contributed by atoms with Gasteiger partial charge in [-0.05, 0) is 77.9 Å². The average molecular weight is 841 g/mol. The lowest BCUT2D eigenvalue weighted by atomic mass is 9.86. The van der Waals surface area contributed by atoms with E-state index in [4.69, 9.17) is 14.7 Å². The van der Waals surface area contributed by atoms with Gasteiger partial charge in [-0.1, -0.05) is 27.7 Å². The first-order valence-electron chi connectivity index (χ1n) is 22.3. The minimum absolute atomic E-state index is 0.172. The summed E-state index contributed by atoms with van der Waals surface area (Å²) < 4.78 is 9.87. The van der Waals surface area contributed by atoms with Gasteiger partial charge >= 0.3 is 0 Å². The van der Waals surface area contributed by atoms with Crippen LogP contribution >= 0.6 is 0 Å². The monoisotopic (exact) mass is 841 g/mol. The summed E-state index contributed by atoms with van der Waals surface area (Å²) in [6, 6.07) is 25.8. The number of aromatic amines is 2. The largest absolute Gasteiger partial charge is 0.493 e. The molecule has 2 N–H and O–H groups in total. The standard InChI is InChI=1S/C53H76N8O/c1-52(2)29-43-26-46-44(39-20-35(31-58(5,6)7)18-36(21-39)32-59(8,9)10)24-41(54-46)27-49-53(3,4)30-47(57-49)51(62-17)50-45(25-42(56-50)28-48(52)55-43)40-22-37(33-60(11,12)13)19-38(23-40)34-61(14,15)16/h18-28,54,56H,29-34H2,1-17H3/q+4. The lowest BCUT2D eigenvalue weighted by Gasteiger charge is -2.26. The van der Waals surface area contributed by atoms with Crippen molar-refractivity contribution in [1.29, 1.82) is 0 Å². The molecule has 0 aliphatic carbocycles. The Kier molecular flexibility index (Phi) is 11.5. The van der Waals surface area contributed by atoms with Gasteiger partial charge in [0, 0.05) is 90.7 Å². The first kappa shape index (κ1) is 45.2. The van der Waals surface area contributed by atoms with Gasteiger partial charge < -0.3 is 32.6 Å². The molecule has 2 aromatic carbocycles. The number of ether oxygens (including phenoxy) is 1. The van der Waals surface area contributed by atoms with E-state index < -0.39 is 0 Å². The Balaban J connectivity index is 1.54. The fourth-order valence-corrected chi connectivity index (χ4v) is 9.50. The predicted molar refractivity (Wildman–Crippen MR) is 259 cm³/mol. The van der Waals surface area contributed by atoms with E-state index in [1.54, 1.807) is 7.11 Å². The van der Waals surface area contributed by atoms with Crippen LogP contribution in [-0.4, -0.2) is 130 Å². The van der Waals surface area contributed by atoms with E-state index >= 15 is 0 Å². The molecule has 7 rings (SSSR count). The van der Waals surface area contributed by atoms with Crippen LogP contribution in [0.15, 0.2) is 66.7 Å². The number of rotatable bonds is 11. The van der Waals surface area contributed by atoms with E-state index in [1.807, 2.05) is 0 Å². The molecule has 9 nitrogen and oxygen atoms in total. The van der Waals surface area contributed by atoms with E-state index in [2.05, 4.69) is 189 Å². The third-order valence-electron chi connectivity index (χ3n) is 11.8. The minimum atomic E-state index is -0.225. The third kappa shape index (κ3) is 10.7. The van der Waals surface area contributed by atoms with Crippen molar-refractivity contribution in [3.05, 3.63) is 112 Å². The Labute approximate surface area is 372 Å². The molecular formula is C53H76N8O+4. The Morgan fingerprint density at radius 2 is 0.919 bits per heavy atom. The van der Waals surface area contributed by atoms with Crippen molar-refractivity contribution in [3.8, 4) is 28.0 Å². The summed E-state index contributed by atoms with van der Waals surface area (Å²) in [5, 5.41) is 0. The molecule has 3 aromatic heterocycles. The van der Waals surface area contributed by atoms with Crippen LogP contribution in [0.4, 0.5) is 0 Å². The van der Waals surface area contributed by atoms with Gasteiger partial charge in [-0.25, -0.2) is 0 Å². The van der Waals surface area contributed by atoms with E-state index in [1.165, 1.54) is 38.9 Å². The Morgan fingerprint density at radius 1 is 0.500 bits per heavy atom. The molecule has 9 heteroatoms. The zero-order chi connectivity index (χ0) is 45.4. The second-order valence-corrected chi connectivity index (χ2v) is 24.0. The first-order chi connectivity index (χ1) is 28.5. The van der Waals surface area contributed by atoms with Crippen molar-refractivity contribution < 1.29 is 22.7 Å². The molecule has 5 aromatic rings. The molecule has 0 spiro atoms. The van der Waals surface area contributed by atoms with E-state index in [9.17, 15) is 0 Å². The zero-order valence-electron chi connectivity index (χ0n) is 41.2. The summed E-state index contributed by atoms with van der Waals surface area (Å²) in [5.74, 6) is 0.785. The summed E-state index contributed by atoms with van der Waals surface area (Å²) >= 11 is 0. The molecule has 62 heavy (non-hydrogen) atoms. The molecule has 0 unspecified atom stereocenters. The number of hydrogen-bond donors (Lipinski definition) is 2. The number of benzene rings is 2. The van der Waals surface area contributed by atoms with Crippen LogP contribution < -0.4 is 4.74 Å². The van der Waals surface area contributed by atoms with Crippen molar-refractivity contribution in [2.45, 2.75) is 77.5 Å². The predicted octanol–water partition coefficient (Wildman–Crippen LogP) is 9.52. The molecule has 0 amide bonds. The average Bonchev–Trinajstić information content (AvgIpc) is 3.81. The lowest BCUT2D eigenvalue weighted by Crippen LogP contribution is -2.34. The van der Waals surface area contributed by atoms with Gasteiger partial charge in [0.15, 0.2) is 5.75 Å². The molecule has 5 heterocycles. The summed E-state index contributed by atoms with van der Waals surface area (Å²) in [6.45, 7) is 13.0. The van der Waals surface area contributed by atoms with Crippen molar-refractivity contribution in [2.24, 2.45) is 0 Å². The maximum absolute atomic E-state index is 6.46. The fourth-order valence-electron chi connectivity index (χ4n) is 9.50. The second-order valence-electron chi connectivity index (χ2n) is 24.0. The molecule has 8 bridgehead atoms. The van der Waals surface area contributed by atoms with Crippen LogP contribution in [0.2, 0.25) is 0 Å². The Morgan fingerprint density at radius 3 is 1.39 bits per heavy atom. The summed E-state index contributed by atoms with van der Waals surface area (Å²) in [6.07, 6.45) is 1.58. The van der Waals surface area contributed by atoms with Crippen molar-refractivity contribution in [1.82, 2.24) is 19.9 Å². The SMILES string of the molecule is COc1c2nc(cc3cc(-c4cc(C[N+](C)(C)C)cc(C[N+](C)(C)C)c4)c(cc4nc(cc5cc(-c6cc(C[N+](C)(C)C)cc(C[N+](C)(C)C)c6)c1[nH]5)C(C)(C)C4)[nH]3)C(C)(C)C2.